The second-order valence-electron chi connectivity index (χ2n) is 6.86. The molecule has 3 rings (SSSR count). The second kappa shape index (κ2) is 8.98. The van der Waals surface area contributed by atoms with Crippen molar-refractivity contribution in [2.45, 2.75) is 32.8 Å². The summed E-state index contributed by atoms with van der Waals surface area (Å²) < 4.78 is 22.4. The molecule has 0 amide bonds. The maximum absolute atomic E-state index is 11.8. The standard InChI is InChI=1S/C22H24O7/c1-13(2)17(29-24)7-5-14(3)9-11-27-22-20-16(10-12-26-20)19(25-4)15-6-8-18(23)28-21(15)22/h6,8-10,12,17,24H,1,5,7,11H2,2-4H3/b14-9+/t17-/m1/s1. The maximum Gasteiger partial charge on any atom is 0.336 e. The number of fused-ring (bicyclic) bond motifs is 2. The molecule has 0 radical (unpaired) electrons. The van der Waals surface area contributed by atoms with Crippen molar-refractivity contribution in [1.29, 1.82) is 0 Å². The van der Waals surface area contributed by atoms with E-state index in [0.717, 1.165) is 16.5 Å². The summed E-state index contributed by atoms with van der Waals surface area (Å²) in [5, 5.41) is 10.3. The zero-order chi connectivity index (χ0) is 21.0. The van der Waals surface area contributed by atoms with Crippen LogP contribution in [0.5, 0.6) is 11.5 Å². The molecular formula is C22H24O7. The predicted molar refractivity (Wildman–Crippen MR) is 110 cm³/mol. The smallest absolute Gasteiger partial charge is 0.336 e. The minimum absolute atomic E-state index is 0.249. The average molecular weight is 400 g/mol. The van der Waals surface area contributed by atoms with Crippen LogP contribution in [0.15, 0.2) is 61.9 Å². The Morgan fingerprint density at radius 1 is 1.21 bits per heavy atom. The van der Waals surface area contributed by atoms with E-state index in [0.29, 0.717) is 35.3 Å². The third kappa shape index (κ3) is 4.36. The summed E-state index contributed by atoms with van der Waals surface area (Å²) in [5.41, 5.74) is 2.06. The Morgan fingerprint density at radius 2 is 1.97 bits per heavy atom. The van der Waals surface area contributed by atoms with Gasteiger partial charge >= 0.3 is 5.63 Å². The monoisotopic (exact) mass is 400 g/mol. The van der Waals surface area contributed by atoms with Gasteiger partial charge < -0.3 is 18.3 Å². The number of methoxy groups -OCH3 is 1. The van der Waals surface area contributed by atoms with Crippen LogP contribution in [0.25, 0.3) is 21.9 Å². The summed E-state index contributed by atoms with van der Waals surface area (Å²) in [6.45, 7) is 7.81. The topological polar surface area (TPSA) is 91.3 Å². The fraction of sp³-hybridized carbons (Fsp3) is 0.318. The van der Waals surface area contributed by atoms with Gasteiger partial charge in [-0.3, -0.25) is 5.26 Å². The van der Waals surface area contributed by atoms with Crippen molar-refractivity contribution >= 4 is 21.9 Å². The molecule has 1 atom stereocenters. The van der Waals surface area contributed by atoms with Crippen molar-refractivity contribution < 1.29 is 28.5 Å². The fourth-order valence-electron chi connectivity index (χ4n) is 3.14. The lowest BCUT2D eigenvalue weighted by atomic mass is 10.0. The van der Waals surface area contributed by atoms with Crippen molar-refractivity contribution in [3.8, 4) is 11.5 Å². The van der Waals surface area contributed by atoms with Gasteiger partial charge in [0.15, 0.2) is 11.2 Å². The van der Waals surface area contributed by atoms with Crippen molar-refractivity contribution in [1.82, 2.24) is 0 Å². The van der Waals surface area contributed by atoms with Gasteiger partial charge in [0.25, 0.3) is 0 Å². The fourth-order valence-corrected chi connectivity index (χ4v) is 3.14. The molecule has 154 valence electrons. The maximum atomic E-state index is 11.8. The predicted octanol–water partition coefficient (Wildman–Crippen LogP) is 5.09. The van der Waals surface area contributed by atoms with Gasteiger partial charge in [0.1, 0.15) is 18.5 Å². The molecule has 0 bridgehead atoms. The minimum atomic E-state index is -0.489. The molecule has 7 nitrogen and oxygen atoms in total. The van der Waals surface area contributed by atoms with Crippen molar-refractivity contribution in [2.24, 2.45) is 0 Å². The van der Waals surface area contributed by atoms with E-state index in [4.69, 9.17) is 23.6 Å². The first kappa shape index (κ1) is 20.7. The lowest BCUT2D eigenvalue weighted by Crippen LogP contribution is -2.11. The van der Waals surface area contributed by atoms with Crippen LogP contribution in [-0.2, 0) is 4.89 Å². The quantitative estimate of drug-likeness (QED) is 0.232. The largest absolute Gasteiger partial charge is 0.495 e. The highest BCUT2D eigenvalue weighted by molar-refractivity contribution is 6.06. The molecule has 0 aliphatic heterocycles. The third-order valence-electron chi connectivity index (χ3n) is 4.74. The molecule has 2 aromatic heterocycles. The molecule has 0 unspecified atom stereocenters. The number of ether oxygens (including phenoxy) is 2. The highest BCUT2D eigenvalue weighted by atomic mass is 17.1. The van der Waals surface area contributed by atoms with Crippen LogP contribution in [-0.4, -0.2) is 25.1 Å². The molecule has 29 heavy (non-hydrogen) atoms. The minimum Gasteiger partial charge on any atom is -0.495 e. The molecule has 2 heterocycles. The van der Waals surface area contributed by atoms with Gasteiger partial charge in [-0.2, -0.15) is 0 Å². The van der Waals surface area contributed by atoms with E-state index >= 15 is 0 Å². The summed E-state index contributed by atoms with van der Waals surface area (Å²) in [4.78, 5) is 16.2. The third-order valence-corrected chi connectivity index (χ3v) is 4.74. The summed E-state index contributed by atoms with van der Waals surface area (Å²) in [6.07, 6.45) is 4.36. The molecule has 0 aliphatic carbocycles. The van der Waals surface area contributed by atoms with E-state index in [9.17, 15) is 4.79 Å². The van der Waals surface area contributed by atoms with Crippen molar-refractivity contribution in [3.05, 3.63) is 58.7 Å². The lowest BCUT2D eigenvalue weighted by Gasteiger charge is -2.13. The zero-order valence-corrected chi connectivity index (χ0v) is 16.7. The van der Waals surface area contributed by atoms with Crippen LogP contribution >= 0.6 is 0 Å². The van der Waals surface area contributed by atoms with Gasteiger partial charge in [-0.25, -0.2) is 9.68 Å². The van der Waals surface area contributed by atoms with Gasteiger partial charge in [0.2, 0.25) is 5.75 Å². The van der Waals surface area contributed by atoms with E-state index < -0.39 is 11.7 Å². The Bertz CT molecular complexity index is 1100. The molecule has 0 saturated heterocycles. The van der Waals surface area contributed by atoms with Gasteiger partial charge in [0.05, 0.1) is 24.1 Å². The Labute approximate surface area is 167 Å². The number of allylic oxidation sites excluding steroid dienone is 1. The van der Waals surface area contributed by atoms with Crippen LogP contribution < -0.4 is 15.1 Å². The number of hydrogen-bond acceptors (Lipinski definition) is 7. The molecule has 0 spiro atoms. The average Bonchev–Trinajstić information content (AvgIpc) is 3.17. The van der Waals surface area contributed by atoms with Crippen LogP contribution in [0.1, 0.15) is 26.7 Å². The second-order valence-corrected chi connectivity index (χ2v) is 6.86. The Hall–Kier alpha value is -3.03. The molecule has 0 aliphatic rings. The molecule has 0 saturated carbocycles. The van der Waals surface area contributed by atoms with Gasteiger partial charge in [0, 0.05) is 6.07 Å². The molecule has 1 N–H and O–H groups in total. The summed E-state index contributed by atoms with van der Waals surface area (Å²) in [6, 6.07) is 4.76. The lowest BCUT2D eigenvalue weighted by molar-refractivity contribution is -0.269. The van der Waals surface area contributed by atoms with Crippen molar-refractivity contribution in [2.75, 3.05) is 13.7 Å². The highest BCUT2D eigenvalue weighted by Gasteiger charge is 2.20. The van der Waals surface area contributed by atoms with Crippen LogP contribution in [0.3, 0.4) is 0 Å². The first-order chi connectivity index (χ1) is 14.0. The summed E-state index contributed by atoms with van der Waals surface area (Å²) in [7, 11) is 1.55. The SMILES string of the molecule is C=C(C)[C@@H](CC/C(C)=C/COc1c2occc2c(OC)c2ccc(=O)oc12)OO. The Morgan fingerprint density at radius 3 is 2.66 bits per heavy atom. The van der Waals surface area contributed by atoms with Gasteiger partial charge in [-0.05, 0) is 50.5 Å². The molecule has 7 heteroatoms. The van der Waals surface area contributed by atoms with Crippen LogP contribution in [0.2, 0.25) is 0 Å². The van der Waals surface area contributed by atoms with E-state index in [1.165, 1.54) is 12.3 Å². The highest BCUT2D eigenvalue weighted by Crippen LogP contribution is 2.42. The Balaban J connectivity index is 1.86. The van der Waals surface area contributed by atoms with E-state index in [-0.39, 0.29) is 12.2 Å². The first-order valence-corrected chi connectivity index (χ1v) is 9.21. The number of benzene rings is 1. The van der Waals surface area contributed by atoms with E-state index in [2.05, 4.69) is 11.5 Å². The number of furan rings is 1. The number of hydrogen-bond donors (Lipinski definition) is 1. The van der Waals surface area contributed by atoms with Gasteiger partial charge in [-0.1, -0.05) is 12.2 Å². The Kier molecular flexibility index (Phi) is 6.41. The summed E-state index contributed by atoms with van der Waals surface area (Å²) in [5.74, 6) is 0.905. The molecular weight excluding hydrogens is 376 g/mol. The number of rotatable bonds is 9. The van der Waals surface area contributed by atoms with Gasteiger partial charge in [-0.15, -0.1) is 0 Å². The van der Waals surface area contributed by atoms with Crippen LogP contribution in [0, 0.1) is 0 Å². The van der Waals surface area contributed by atoms with Crippen molar-refractivity contribution in [3.63, 3.8) is 0 Å². The van der Waals surface area contributed by atoms with E-state index in [1.807, 2.05) is 13.0 Å². The first-order valence-electron chi connectivity index (χ1n) is 9.21. The normalized spacial score (nSPS) is 13.0. The summed E-state index contributed by atoms with van der Waals surface area (Å²) >= 11 is 0. The van der Waals surface area contributed by atoms with E-state index in [1.54, 1.807) is 26.2 Å². The zero-order valence-electron chi connectivity index (χ0n) is 16.7. The molecule has 1 aromatic carbocycles. The van der Waals surface area contributed by atoms with Crippen LogP contribution in [0.4, 0.5) is 0 Å². The molecule has 3 aromatic rings. The molecule has 0 fully saturated rings.